The van der Waals surface area contributed by atoms with Gasteiger partial charge >= 0.3 is 0 Å². The minimum absolute atomic E-state index is 0.0212. The number of nitrogens with zero attached hydrogens (tertiary/aromatic N) is 4. The Morgan fingerprint density at radius 1 is 1.06 bits per heavy atom. The van der Waals surface area contributed by atoms with E-state index in [1.54, 1.807) is 4.90 Å². The van der Waals surface area contributed by atoms with E-state index in [4.69, 9.17) is 14.0 Å². The molecule has 0 spiro atoms. The van der Waals surface area contributed by atoms with E-state index in [0.717, 1.165) is 32.4 Å². The molecule has 2 saturated heterocycles. The Balaban J connectivity index is 1.42. The van der Waals surface area contributed by atoms with E-state index in [0.29, 0.717) is 43.6 Å². The number of carbonyl (C=O) groups is 2. The van der Waals surface area contributed by atoms with Crippen molar-refractivity contribution in [3.8, 4) is 5.75 Å². The molecule has 9 heteroatoms. The van der Waals surface area contributed by atoms with Gasteiger partial charge in [0.2, 0.25) is 17.7 Å². The maximum absolute atomic E-state index is 13.2. The zero-order valence-corrected chi connectivity index (χ0v) is 20.8. The molecular weight excluding hydrogens is 448 g/mol. The van der Waals surface area contributed by atoms with E-state index in [2.05, 4.69) is 10.1 Å². The van der Waals surface area contributed by atoms with Gasteiger partial charge in [-0.3, -0.25) is 9.59 Å². The Labute approximate surface area is 206 Å². The van der Waals surface area contributed by atoms with Gasteiger partial charge in [0.1, 0.15) is 18.0 Å². The molecular formula is C26H36N4O5. The lowest BCUT2D eigenvalue weighted by Crippen LogP contribution is -2.58. The molecule has 2 fully saturated rings. The highest BCUT2D eigenvalue weighted by Crippen LogP contribution is 2.27. The number of amides is 2. The number of morpholine rings is 1. The summed E-state index contributed by atoms with van der Waals surface area (Å²) in [6, 6.07) is 9.48. The van der Waals surface area contributed by atoms with E-state index in [1.807, 2.05) is 49.1 Å². The van der Waals surface area contributed by atoms with Crippen LogP contribution in [0.2, 0.25) is 0 Å². The Hall–Kier alpha value is -2.94. The largest absolute Gasteiger partial charge is 0.490 e. The molecule has 2 aromatic rings. The van der Waals surface area contributed by atoms with Crippen molar-refractivity contribution in [3.63, 3.8) is 0 Å². The highest BCUT2D eigenvalue weighted by Gasteiger charge is 2.42. The van der Waals surface area contributed by atoms with Crippen LogP contribution in [0, 0.1) is 0 Å². The molecule has 1 atom stereocenters. The Morgan fingerprint density at radius 2 is 1.83 bits per heavy atom. The molecule has 2 aliphatic rings. The van der Waals surface area contributed by atoms with Gasteiger partial charge in [-0.2, -0.15) is 4.98 Å². The van der Waals surface area contributed by atoms with Gasteiger partial charge < -0.3 is 23.8 Å². The first-order valence-corrected chi connectivity index (χ1v) is 12.6. The second-order valence-electron chi connectivity index (χ2n) is 9.77. The van der Waals surface area contributed by atoms with E-state index in [1.165, 1.54) is 0 Å². The Bertz CT molecular complexity index is 973. The summed E-state index contributed by atoms with van der Waals surface area (Å²) in [5, 5.41) is 3.97. The number of rotatable bonds is 9. The standard InChI is InChI=1S/C26H36N4O5/c1-20(2)25-27-22(35-28-25)11-12-23(31)30-15-16-34-26(18-30,19-33-21-9-5-3-6-10-21)17-24(32)29-13-7-4-8-14-29/h3,5-6,9-10,20H,4,7-8,11-19H2,1-2H3. The SMILES string of the molecule is CC(C)c1noc(CCC(=O)N2CCOC(COc3ccccc3)(CC(=O)N3CCCCC3)C2)n1. The Kier molecular flexibility index (Phi) is 8.38. The van der Waals surface area contributed by atoms with Gasteiger partial charge in [-0.25, -0.2) is 0 Å². The number of ether oxygens (including phenoxy) is 2. The van der Waals surface area contributed by atoms with Crippen LogP contribution in [-0.2, 0) is 20.7 Å². The highest BCUT2D eigenvalue weighted by atomic mass is 16.5. The quantitative estimate of drug-likeness (QED) is 0.539. The van der Waals surface area contributed by atoms with Crippen LogP contribution in [0.4, 0.5) is 0 Å². The van der Waals surface area contributed by atoms with Crippen LogP contribution in [0.15, 0.2) is 34.9 Å². The fourth-order valence-corrected chi connectivity index (χ4v) is 4.54. The minimum atomic E-state index is -0.895. The van der Waals surface area contributed by atoms with E-state index in [9.17, 15) is 9.59 Å². The van der Waals surface area contributed by atoms with Crippen LogP contribution in [0.1, 0.15) is 63.6 Å². The minimum Gasteiger partial charge on any atom is -0.490 e. The molecule has 1 aromatic carbocycles. The van der Waals surface area contributed by atoms with Gasteiger partial charge in [0, 0.05) is 38.4 Å². The van der Waals surface area contributed by atoms with Gasteiger partial charge in [0.25, 0.3) is 0 Å². The predicted octanol–water partition coefficient (Wildman–Crippen LogP) is 3.20. The van der Waals surface area contributed by atoms with Gasteiger partial charge in [-0.05, 0) is 31.4 Å². The van der Waals surface area contributed by atoms with Crippen LogP contribution in [0.3, 0.4) is 0 Å². The predicted molar refractivity (Wildman–Crippen MR) is 129 cm³/mol. The van der Waals surface area contributed by atoms with Crippen LogP contribution in [0.25, 0.3) is 0 Å². The molecule has 1 aromatic heterocycles. The van der Waals surface area contributed by atoms with E-state index in [-0.39, 0.29) is 37.2 Å². The molecule has 0 bridgehead atoms. The smallest absolute Gasteiger partial charge is 0.227 e. The number of hydrogen-bond acceptors (Lipinski definition) is 7. The summed E-state index contributed by atoms with van der Waals surface area (Å²) in [7, 11) is 0. The lowest BCUT2D eigenvalue weighted by Gasteiger charge is -2.43. The first kappa shape index (κ1) is 25.2. The summed E-state index contributed by atoms with van der Waals surface area (Å²) in [6.07, 6.45) is 4.04. The maximum atomic E-state index is 13.2. The number of piperidine rings is 1. The lowest BCUT2D eigenvalue weighted by atomic mass is 9.96. The average Bonchev–Trinajstić information content (AvgIpc) is 3.37. The summed E-state index contributed by atoms with van der Waals surface area (Å²) >= 11 is 0. The van der Waals surface area contributed by atoms with Crippen molar-refractivity contribution in [3.05, 3.63) is 42.0 Å². The number of aryl methyl sites for hydroxylation is 1. The van der Waals surface area contributed by atoms with E-state index >= 15 is 0 Å². The summed E-state index contributed by atoms with van der Waals surface area (Å²) < 4.78 is 17.6. The summed E-state index contributed by atoms with van der Waals surface area (Å²) in [4.78, 5) is 34.4. The van der Waals surface area contributed by atoms with Crippen LogP contribution >= 0.6 is 0 Å². The average molecular weight is 485 g/mol. The lowest BCUT2D eigenvalue weighted by molar-refractivity contribution is -0.166. The monoisotopic (exact) mass is 484 g/mol. The zero-order chi connectivity index (χ0) is 24.7. The van der Waals surface area contributed by atoms with Crippen molar-refractivity contribution in [2.75, 3.05) is 39.4 Å². The molecule has 190 valence electrons. The molecule has 35 heavy (non-hydrogen) atoms. The molecule has 1 unspecified atom stereocenters. The molecule has 2 aliphatic heterocycles. The molecule has 0 radical (unpaired) electrons. The molecule has 4 rings (SSSR count). The van der Waals surface area contributed by atoms with E-state index < -0.39 is 5.60 Å². The van der Waals surface area contributed by atoms with Gasteiger partial charge in [0.05, 0.1) is 19.6 Å². The topological polar surface area (TPSA) is 98.0 Å². The number of para-hydroxylation sites is 1. The number of aromatic nitrogens is 2. The van der Waals surface area contributed by atoms with Crippen LogP contribution in [0.5, 0.6) is 5.75 Å². The molecule has 3 heterocycles. The third-order valence-electron chi connectivity index (χ3n) is 6.58. The second kappa shape index (κ2) is 11.7. The zero-order valence-electron chi connectivity index (χ0n) is 20.8. The summed E-state index contributed by atoms with van der Waals surface area (Å²) in [5.74, 6) is 2.03. The van der Waals surface area contributed by atoms with Crippen molar-refractivity contribution in [1.29, 1.82) is 0 Å². The van der Waals surface area contributed by atoms with Crippen LogP contribution < -0.4 is 4.74 Å². The fraction of sp³-hybridized carbons (Fsp3) is 0.615. The van der Waals surface area contributed by atoms with Crippen molar-refractivity contribution >= 4 is 11.8 Å². The number of carbonyl (C=O) groups excluding carboxylic acids is 2. The van der Waals surface area contributed by atoms with Gasteiger partial charge in [-0.1, -0.05) is 37.2 Å². The highest BCUT2D eigenvalue weighted by molar-refractivity contribution is 5.79. The van der Waals surface area contributed by atoms with Crippen LogP contribution in [-0.4, -0.2) is 76.7 Å². The normalized spacial score (nSPS) is 20.8. The van der Waals surface area contributed by atoms with Crippen molar-refractivity contribution < 1.29 is 23.6 Å². The maximum Gasteiger partial charge on any atom is 0.227 e. The molecule has 0 aliphatic carbocycles. The van der Waals surface area contributed by atoms with Crippen molar-refractivity contribution in [2.45, 2.75) is 63.9 Å². The molecule has 0 saturated carbocycles. The molecule has 0 N–H and O–H groups in total. The fourth-order valence-electron chi connectivity index (χ4n) is 4.54. The summed E-state index contributed by atoms with van der Waals surface area (Å²) in [5.41, 5.74) is -0.895. The van der Waals surface area contributed by atoms with Crippen molar-refractivity contribution in [1.82, 2.24) is 19.9 Å². The first-order valence-electron chi connectivity index (χ1n) is 12.6. The third-order valence-corrected chi connectivity index (χ3v) is 6.58. The number of likely N-dealkylation sites (tertiary alicyclic amines) is 1. The second-order valence-corrected chi connectivity index (χ2v) is 9.77. The summed E-state index contributed by atoms with van der Waals surface area (Å²) in [6.45, 7) is 6.88. The molecule has 2 amide bonds. The third kappa shape index (κ3) is 6.81. The number of benzene rings is 1. The number of hydrogen-bond donors (Lipinski definition) is 0. The van der Waals surface area contributed by atoms with Gasteiger partial charge in [0.15, 0.2) is 5.82 Å². The van der Waals surface area contributed by atoms with Crippen molar-refractivity contribution in [2.24, 2.45) is 0 Å². The molecule has 9 nitrogen and oxygen atoms in total. The Morgan fingerprint density at radius 3 is 2.54 bits per heavy atom. The van der Waals surface area contributed by atoms with Gasteiger partial charge in [-0.15, -0.1) is 0 Å². The first-order chi connectivity index (χ1) is 16.9.